The van der Waals surface area contributed by atoms with E-state index in [2.05, 4.69) is 31.6 Å². The van der Waals surface area contributed by atoms with Crippen LogP contribution in [0.2, 0.25) is 0 Å². The maximum Gasteiger partial charge on any atom is 0.191 e. The van der Waals surface area contributed by atoms with Crippen molar-refractivity contribution in [2.45, 2.75) is 18.2 Å². The van der Waals surface area contributed by atoms with Crippen molar-refractivity contribution in [3.8, 4) is 0 Å². The van der Waals surface area contributed by atoms with Crippen molar-refractivity contribution in [1.29, 1.82) is 0 Å². The van der Waals surface area contributed by atoms with Crippen LogP contribution in [0, 0.1) is 0 Å². The van der Waals surface area contributed by atoms with Crippen LogP contribution < -0.4 is 10.6 Å². The van der Waals surface area contributed by atoms with E-state index in [1.165, 1.54) is 0 Å². The minimum absolute atomic E-state index is 0.00821. The summed E-state index contributed by atoms with van der Waals surface area (Å²) in [5, 5.41) is 6.13. The number of rotatable bonds is 9. The number of guanidine groups is 1. The minimum atomic E-state index is -3.30. The van der Waals surface area contributed by atoms with Gasteiger partial charge in [0, 0.05) is 37.8 Å². The Morgan fingerprint density at radius 1 is 1.22 bits per heavy atom. The zero-order valence-corrected chi connectivity index (χ0v) is 15.9. The Bertz CT molecular complexity index is 588. The molecule has 1 rings (SSSR count). The summed E-state index contributed by atoms with van der Waals surface area (Å²) in [4.78, 5) is 4.38. The minimum Gasteiger partial charge on any atom is -0.382 e. The van der Waals surface area contributed by atoms with Gasteiger partial charge in [-0.15, -0.1) is 0 Å². The Morgan fingerprint density at radius 3 is 2.48 bits per heavy atom. The topological polar surface area (TPSA) is 79.8 Å². The third-order valence-electron chi connectivity index (χ3n) is 3.02. The number of hydrogen-bond donors (Lipinski definition) is 2. The summed E-state index contributed by atoms with van der Waals surface area (Å²) in [7, 11) is -1.65. The van der Waals surface area contributed by atoms with Crippen LogP contribution in [-0.2, 0) is 14.6 Å². The molecule has 0 unspecified atom stereocenters. The van der Waals surface area contributed by atoms with Crippen molar-refractivity contribution >= 4 is 31.7 Å². The van der Waals surface area contributed by atoms with Crippen molar-refractivity contribution in [3.05, 3.63) is 28.7 Å². The van der Waals surface area contributed by atoms with E-state index in [9.17, 15) is 8.42 Å². The van der Waals surface area contributed by atoms with Gasteiger partial charge >= 0.3 is 0 Å². The third-order valence-corrected chi connectivity index (χ3v) is 5.28. The first-order chi connectivity index (χ1) is 11.0. The van der Waals surface area contributed by atoms with Gasteiger partial charge in [0.15, 0.2) is 15.8 Å². The number of nitrogens with zero attached hydrogens (tertiary/aromatic N) is 1. The fourth-order valence-electron chi connectivity index (χ4n) is 1.81. The summed E-state index contributed by atoms with van der Waals surface area (Å²) in [6, 6.07) is 6.64. The molecule has 0 aliphatic carbocycles. The molecule has 0 aliphatic heterocycles. The van der Waals surface area contributed by atoms with E-state index >= 15 is 0 Å². The normalized spacial score (nSPS) is 12.2. The number of benzene rings is 1. The molecule has 0 aliphatic rings. The molecule has 1 aromatic rings. The molecule has 0 radical (unpaired) electrons. The van der Waals surface area contributed by atoms with E-state index in [1.807, 2.05) is 6.92 Å². The highest BCUT2D eigenvalue weighted by atomic mass is 79.9. The smallest absolute Gasteiger partial charge is 0.191 e. The van der Waals surface area contributed by atoms with Crippen LogP contribution in [0.15, 0.2) is 38.6 Å². The zero-order valence-electron chi connectivity index (χ0n) is 13.5. The molecular weight excluding hydrogens is 382 g/mol. The van der Waals surface area contributed by atoms with Crippen LogP contribution in [0.25, 0.3) is 0 Å². The lowest BCUT2D eigenvalue weighted by molar-refractivity contribution is 0.145. The summed E-state index contributed by atoms with van der Waals surface area (Å²) in [5.74, 6) is 0.598. The predicted molar refractivity (Wildman–Crippen MR) is 96.7 cm³/mol. The van der Waals surface area contributed by atoms with Crippen LogP contribution in [0.1, 0.15) is 13.3 Å². The number of ether oxygens (including phenoxy) is 1. The van der Waals surface area contributed by atoms with Crippen LogP contribution in [0.4, 0.5) is 0 Å². The summed E-state index contributed by atoms with van der Waals surface area (Å²) in [5.41, 5.74) is 0. The molecule has 0 fully saturated rings. The Balaban J connectivity index is 2.37. The Kier molecular flexibility index (Phi) is 9.20. The van der Waals surface area contributed by atoms with Gasteiger partial charge in [-0.05, 0) is 37.6 Å². The first-order valence-electron chi connectivity index (χ1n) is 7.50. The van der Waals surface area contributed by atoms with Crippen molar-refractivity contribution in [3.63, 3.8) is 0 Å². The van der Waals surface area contributed by atoms with Crippen molar-refractivity contribution in [2.24, 2.45) is 4.99 Å². The zero-order chi connectivity index (χ0) is 17.1. The molecule has 130 valence electrons. The van der Waals surface area contributed by atoms with Crippen molar-refractivity contribution in [2.75, 3.05) is 39.1 Å². The maximum atomic E-state index is 12.2. The van der Waals surface area contributed by atoms with Gasteiger partial charge in [-0.3, -0.25) is 4.99 Å². The third kappa shape index (κ3) is 7.81. The molecule has 0 spiro atoms. The molecule has 0 bridgehead atoms. The van der Waals surface area contributed by atoms with Crippen LogP contribution in [-0.4, -0.2) is 53.5 Å². The highest BCUT2D eigenvalue weighted by Gasteiger charge is 2.14. The molecule has 1 aromatic carbocycles. The molecule has 0 saturated carbocycles. The fraction of sp³-hybridized carbons (Fsp3) is 0.533. The van der Waals surface area contributed by atoms with Crippen LogP contribution >= 0.6 is 15.9 Å². The van der Waals surface area contributed by atoms with Gasteiger partial charge in [0.1, 0.15) is 0 Å². The quantitative estimate of drug-likeness (QED) is 0.372. The highest BCUT2D eigenvalue weighted by molar-refractivity contribution is 9.10. The fourth-order valence-corrected chi connectivity index (χ4v) is 3.23. The molecule has 0 atom stereocenters. The van der Waals surface area contributed by atoms with E-state index in [-0.39, 0.29) is 5.75 Å². The van der Waals surface area contributed by atoms with Crippen molar-refractivity contribution in [1.82, 2.24) is 10.6 Å². The standard InChI is InChI=1S/C15H24BrN3O3S/c1-3-22-11-4-9-18-15(17-2)19-10-12-23(20,21)14-7-5-13(16)6-8-14/h5-8H,3-4,9-12H2,1-2H3,(H2,17,18,19). The highest BCUT2D eigenvalue weighted by Crippen LogP contribution is 2.15. The summed E-state index contributed by atoms with van der Waals surface area (Å²) < 4.78 is 30.5. The number of halogens is 1. The van der Waals surface area contributed by atoms with Gasteiger partial charge in [0.2, 0.25) is 0 Å². The van der Waals surface area contributed by atoms with Gasteiger partial charge in [0.05, 0.1) is 10.6 Å². The van der Waals surface area contributed by atoms with E-state index in [0.29, 0.717) is 30.6 Å². The summed E-state index contributed by atoms with van der Waals surface area (Å²) in [6.45, 7) is 4.38. The number of sulfone groups is 1. The molecule has 0 saturated heterocycles. The molecule has 6 nitrogen and oxygen atoms in total. The Labute approximate surface area is 146 Å². The molecule has 0 amide bonds. The maximum absolute atomic E-state index is 12.2. The van der Waals surface area contributed by atoms with Gasteiger partial charge in [-0.2, -0.15) is 0 Å². The monoisotopic (exact) mass is 405 g/mol. The number of nitrogens with one attached hydrogen (secondary N) is 2. The van der Waals surface area contributed by atoms with Gasteiger partial charge in [-0.25, -0.2) is 8.42 Å². The molecule has 23 heavy (non-hydrogen) atoms. The van der Waals surface area contributed by atoms with Gasteiger partial charge in [-0.1, -0.05) is 15.9 Å². The molecule has 2 N–H and O–H groups in total. The average molecular weight is 406 g/mol. The average Bonchev–Trinajstić information content (AvgIpc) is 2.53. The number of hydrogen-bond acceptors (Lipinski definition) is 4. The SMILES string of the molecule is CCOCCCNC(=NC)NCCS(=O)(=O)c1ccc(Br)cc1. The lowest BCUT2D eigenvalue weighted by Crippen LogP contribution is -2.40. The lowest BCUT2D eigenvalue weighted by atomic mass is 10.4. The summed E-state index contributed by atoms with van der Waals surface area (Å²) >= 11 is 3.29. The van der Waals surface area contributed by atoms with E-state index in [4.69, 9.17) is 4.74 Å². The second kappa shape index (κ2) is 10.6. The molecule has 0 aromatic heterocycles. The number of aliphatic imine (C=N–C) groups is 1. The summed E-state index contributed by atoms with van der Waals surface area (Å²) in [6.07, 6.45) is 0.867. The lowest BCUT2D eigenvalue weighted by Gasteiger charge is -2.12. The second-order valence-electron chi connectivity index (χ2n) is 4.75. The van der Waals surface area contributed by atoms with E-state index in [0.717, 1.165) is 17.4 Å². The Hall–Kier alpha value is -1.12. The van der Waals surface area contributed by atoms with Gasteiger partial charge < -0.3 is 15.4 Å². The predicted octanol–water partition coefficient (Wildman–Crippen LogP) is 1.81. The van der Waals surface area contributed by atoms with Crippen LogP contribution in [0.5, 0.6) is 0 Å². The molecule has 8 heteroatoms. The van der Waals surface area contributed by atoms with E-state index in [1.54, 1.807) is 31.3 Å². The first kappa shape index (κ1) is 19.9. The Morgan fingerprint density at radius 2 is 1.87 bits per heavy atom. The van der Waals surface area contributed by atoms with Crippen LogP contribution in [0.3, 0.4) is 0 Å². The van der Waals surface area contributed by atoms with E-state index < -0.39 is 9.84 Å². The second-order valence-corrected chi connectivity index (χ2v) is 7.77. The van der Waals surface area contributed by atoms with Crippen molar-refractivity contribution < 1.29 is 13.2 Å². The molecule has 0 heterocycles. The molecular formula is C15H24BrN3O3S. The largest absolute Gasteiger partial charge is 0.382 e. The van der Waals surface area contributed by atoms with Gasteiger partial charge in [0.25, 0.3) is 0 Å². The first-order valence-corrected chi connectivity index (χ1v) is 9.94.